The van der Waals surface area contributed by atoms with Crippen LogP contribution >= 0.6 is 56.7 Å². The summed E-state index contributed by atoms with van der Waals surface area (Å²) in [6.07, 6.45) is 26.2. The molecule has 0 unspecified atom stereocenters. The molecule has 0 aliphatic carbocycles. The van der Waals surface area contributed by atoms with Gasteiger partial charge < -0.3 is 0 Å². The lowest BCUT2D eigenvalue weighted by molar-refractivity contribution is 0.668. The van der Waals surface area contributed by atoms with E-state index >= 15 is 0 Å². The number of hydrogen-bond acceptors (Lipinski definition) is 5. The van der Waals surface area contributed by atoms with E-state index in [0.29, 0.717) is 0 Å². The average molecular weight is 745 g/mol. The van der Waals surface area contributed by atoms with E-state index < -0.39 is 0 Å². The monoisotopic (exact) mass is 744 g/mol. The summed E-state index contributed by atoms with van der Waals surface area (Å²) in [6.45, 7) is 9.33. The van der Waals surface area contributed by atoms with Crippen molar-refractivity contribution < 1.29 is 0 Å². The van der Waals surface area contributed by atoms with Crippen LogP contribution in [0.5, 0.6) is 0 Å². The molecule has 49 heavy (non-hydrogen) atoms. The van der Waals surface area contributed by atoms with Crippen LogP contribution in [-0.2, 0) is 25.7 Å². The smallest absolute Gasteiger partial charge is 0.0549 e. The quantitative estimate of drug-likeness (QED) is 0.0682. The zero-order valence-corrected chi connectivity index (χ0v) is 34.6. The molecule has 7 aromatic rings. The predicted molar refractivity (Wildman–Crippen MR) is 232 cm³/mol. The molecule has 0 saturated carbocycles. The summed E-state index contributed by atoms with van der Waals surface area (Å²) in [5, 5.41) is 19.9. The molecule has 2 aromatic carbocycles. The first-order valence-corrected chi connectivity index (χ1v) is 24.2. The van der Waals surface area contributed by atoms with Crippen molar-refractivity contribution in [1.29, 1.82) is 0 Å². The summed E-state index contributed by atoms with van der Waals surface area (Å²) >= 11 is 10.4. The van der Waals surface area contributed by atoms with Gasteiger partial charge in [-0.3, -0.25) is 0 Å². The molecule has 0 radical (unpaired) electrons. The van der Waals surface area contributed by atoms with Crippen molar-refractivity contribution in [3.05, 3.63) is 43.8 Å². The lowest BCUT2D eigenvalue weighted by atomic mass is 9.95. The fraction of sp³-hybridized carbons (Fsp3) is 0.545. The highest BCUT2D eigenvalue weighted by molar-refractivity contribution is 7.35. The minimum Gasteiger partial charge on any atom is -0.143 e. The molecule has 7 rings (SSSR count). The van der Waals surface area contributed by atoms with E-state index in [1.807, 2.05) is 0 Å². The maximum atomic E-state index is 2.57. The standard InChI is InChI=1S/C44H56S5/c1-5-9-13-17-21-29-25-45-39-33(29)35-31(23-19-15-11-7-3)27-47-41(35)43-37(39)38-40-34(30(26-46-40)22-18-14-10-6-2)36-32(24-20-16-12-8-4)28-48-42(36)44(38)49-43/h25-28H,5-24H2,1-4H3. The Kier molecular flexibility index (Phi) is 12.4. The zero-order valence-electron chi connectivity index (χ0n) is 30.5. The molecule has 0 saturated heterocycles. The van der Waals surface area contributed by atoms with E-state index in [-0.39, 0.29) is 0 Å². The van der Waals surface area contributed by atoms with Gasteiger partial charge in [-0.05, 0) is 95.1 Å². The number of rotatable bonds is 20. The second kappa shape index (κ2) is 16.9. The Morgan fingerprint density at radius 3 is 0.898 bits per heavy atom. The summed E-state index contributed by atoms with van der Waals surface area (Å²) in [5.41, 5.74) is 6.50. The minimum absolute atomic E-state index is 1.22. The third kappa shape index (κ3) is 7.02. The Bertz CT molecular complexity index is 1990. The van der Waals surface area contributed by atoms with E-state index in [4.69, 9.17) is 0 Å². The Labute approximate surface area is 314 Å². The molecule has 5 heterocycles. The Balaban J connectivity index is 1.48. The van der Waals surface area contributed by atoms with E-state index in [1.165, 1.54) is 128 Å². The van der Waals surface area contributed by atoms with E-state index in [0.717, 1.165) is 0 Å². The molecule has 0 fully saturated rings. The Morgan fingerprint density at radius 1 is 0.306 bits per heavy atom. The summed E-state index contributed by atoms with van der Waals surface area (Å²) in [4.78, 5) is 0. The van der Waals surface area contributed by atoms with Crippen LogP contribution in [-0.4, -0.2) is 0 Å². The molecule has 0 bridgehead atoms. The van der Waals surface area contributed by atoms with Crippen molar-refractivity contribution >= 4 is 117 Å². The highest BCUT2D eigenvalue weighted by atomic mass is 32.1. The van der Waals surface area contributed by atoms with Gasteiger partial charge >= 0.3 is 0 Å². The lowest BCUT2D eigenvalue weighted by Crippen LogP contribution is -1.89. The SMILES string of the molecule is CCCCCCc1csc2c3sc4c5scc(CCCCCC)c5c5c(CCCCCC)csc5c4c3c3scc(CCCCCC)c3c12. The number of thiophene rings is 5. The van der Waals surface area contributed by atoms with Crippen LogP contribution in [0.2, 0.25) is 0 Å². The van der Waals surface area contributed by atoms with Crippen molar-refractivity contribution in [2.45, 2.75) is 156 Å². The Morgan fingerprint density at radius 2 is 0.592 bits per heavy atom. The molecule has 0 N–H and O–H groups in total. The maximum Gasteiger partial charge on any atom is 0.0549 e. The Hall–Kier alpha value is -1.50. The van der Waals surface area contributed by atoms with Crippen molar-refractivity contribution in [2.24, 2.45) is 0 Å². The largest absolute Gasteiger partial charge is 0.143 e. The molecule has 0 amide bonds. The molecule has 0 aliphatic rings. The summed E-state index contributed by atoms with van der Waals surface area (Å²) in [5.74, 6) is 0. The van der Waals surface area contributed by atoms with Crippen LogP contribution in [0, 0.1) is 0 Å². The van der Waals surface area contributed by atoms with Crippen LogP contribution < -0.4 is 0 Å². The molecule has 0 spiro atoms. The molecule has 0 atom stereocenters. The van der Waals surface area contributed by atoms with Gasteiger partial charge in [-0.15, -0.1) is 56.7 Å². The second-order valence-electron chi connectivity index (χ2n) is 14.6. The minimum atomic E-state index is 1.22. The number of aryl methyl sites for hydroxylation is 4. The first kappa shape index (κ1) is 35.9. The van der Waals surface area contributed by atoms with Crippen LogP contribution in [0.15, 0.2) is 21.5 Å². The number of benzene rings is 2. The highest BCUT2D eigenvalue weighted by Gasteiger charge is 2.26. The van der Waals surface area contributed by atoms with E-state index in [9.17, 15) is 0 Å². The third-order valence-electron chi connectivity index (χ3n) is 10.9. The zero-order chi connectivity index (χ0) is 33.7. The van der Waals surface area contributed by atoms with Crippen molar-refractivity contribution in [2.75, 3.05) is 0 Å². The first-order valence-electron chi connectivity index (χ1n) is 19.8. The van der Waals surface area contributed by atoms with Gasteiger partial charge in [0.25, 0.3) is 0 Å². The van der Waals surface area contributed by atoms with Gasteiger partial charge in [0.1, 0.15) is 0 Å². The van der Waals surface area contributed by atoms with Gasteiger partial charge in [0, 0.05) is 41.7 Å². The molecule has 5 aromatic heterocycles. The fourth-order valence-electron chi connectivity index (χ4n) is 8.26. The predicted octanol–water partition coefficient (Wildman–Crippen LogP) is 17.4. The van der Waals surface area contributed by atoms with Gasteiger partial charge in [-0.2, -0.15) is 0 Å². The van der Waals surface area contributed by atoms with E-state index in [1.54, 1.807) is 82.8 Å². The average Bonchev–Trinajstić information content (AvgIpc) is 3.94. The van der Waals surface area contributed by atoms with Gasteiger partial charge in [-0.1, -0.05) is 105 Å². The molecular formula is C44H56S5. The van der Waals surface area contributed by atoms with Gasteiger partial charge in [-0.25, -0.2) is 0 Å². The van der Waals surface area contributed by atoms with Crippen LogP contribution in [0.4, 0.5) is 0 Å². The molecule has 5 heteroatoms. The first-order chi connectivity index (χ1) is 24.2. The topological polar surface area (TPSA) is 0 Å². The maximum absolute atomic E-state index is 2.57. The number of fused-ring (bicyclic) bond motifs is 13. The molecule has 262 valence electrons. The fourth-order valence-corrected chi connectivity index (χ4v) is 14.6. The number of unbranched alkanes of at least 4 members (excludes halogenated alkanes) is 12. The van der Waals surface area contributed by atoms with Crippen molar-refractivity contribution in [1.82, 2.24) is 0 Å². The van der Waals surface area contributed by atoms with Crippen LogP contribution in [0.3, 0.4) is 0 Å². The van der Waals surface area contributed by atoms with Crippen LogP contribution in [0.25, 0.3) is 60.5 Å². The van der Waals surface area contributed by atoms with Gasteiger partial charge in [0.05, 0.1) is 18.8 Å². The van der Waals surface area contributed by atoms with Crippen LogP contribution in [0.1, 0.15) is 153 Å². The second-order valence-corrected chi connectivity index (χ2v) is 19.2. The third-order valence-corrected chi connectivity index (χ3v) is 16.6. The van der Waals surface area contributed by atoms with Crippen molar-refractivity contribution in [3.63, 3.8) is 0 Å². The van der Waals surface area contributed by atoms with Gasteiger partial charge in [0.15, 0.2) is 0 Å². The van der Waals surface area contributed by atoms with Gasteiger partial charge in [0.2, 0.25) is 0 Å². The van der Waals surface area contributed by atoms with Crippen molar-refractivity contribution in [3.8, 4) is 0 Å². The summed E-state index contributed by atoms with van der Waals surface area (Å²) in [6, 6.07) is 0. The molecular weight excluding hydrogens is 689 g/mol. The summed E-state index contributed by atoms with van der Waals surface area (Å²) < 4.78 is 9.48. The summed E-state index contributed by atoms with van der Waals surface area (Å²) in [7, 11) is 0. The lowest BCUT2D eigenvalue weighted by Gasteiger charge is -2.08. The normalized spacial score (nSPS) is 12.5. The molecule has 0 nitrogen and oxygen atoms in total. The number of hydrogen-bond donors (Lipinski definition) is 0. The van der Waals surface area contributed by atoms with E-state index in [2.05, 4.69) is 106 Å². The molecule has 0 aliphatic heterocycles. The highest BCUT2D eigenvalue weighted by Crippen LogP contribution is 2.55.